The number of H-pyrrole nitrogens is 1. The highest BCUT2D eigenvalue weighted by molar-refractivity contribution is 7.92. The molecule has 3 aromatic carbocycles. The van der Waals surface area contributed by atoms with E-state index in [1.54, 1.807) is 49.7 Å². The molecule has 8 nitrogen and oxygen atoms in total. The molecular formula is C26H28N4O4S. The predicted octanol–water partition coefficient (Wildman–Crippen LogP) is 5.08. The SMILES string of the molecule is CCN(CC)c1ccc(NC(=O)c2c[nH]c3ccccc23)cc1S(=O)(=O)Nc1ccc(OC)cc1. The number of aromatic nitrogens is 1. The van der Waals surface area contributed by atoms with Gasteiger partial charge in [-0.05, 0) is 62.4 Å². The Morgan fingerprint density at radius 3 is 2.34 bits per heavy atom. The smallest absolute Gasteiger partial charge is 0.264 e. The number of hydrogen-bond acceptors (Lipinski definition) is 5. The third-order valence-electron chi connectivity index (χ3n) is 5.79. The minimum atomic E-state index is -3.97. The Balaban J connectivity index is 1.69. The van der Waals surface area contributed by atoms with Gasteiger partial charge in [-0.3, -0.25) is 9.52 Å². The van der Waals surface area contributed by atoms with Crippen LogP contribution in [-0.2, 0) is 10.0 Å². The van der Waals surface area contributed by atoms with Gasteiger partial charge in [-0.2, -0.15) is 0 Å². The molecular weight excluding hydrogens is 464 g/mol. The molecule has 0 saturated heterocycles. The van der Waals surface area contributed by atoms with Gasteiger partial charge in [0, 0.05) is 41.6 Å². The molecule has 1 heterocycles. The number of carbonyl (C=O) groups excluding carboxylic acids is 1. The second-order valence-electron chi connectivity index (χ2n) is 7.89. The van der Waals surface area contributed by atoms with Crippen LogP contribution in [0.5, 0.6) is 5.75 Å². The fourth-order valence-electron chi connectivity index (χ4n) is 3.96. The summed E-state index contributed by atoms with van der Waals surface area (Å²) in [5.74, 6) is 0.295. The average Bonchev–Trinajstić information content (AvgIpc) is 3.30. The molecule has 0 spiro atoms. The zero-order valence-electron chi connectivity index (χ0n) is 19.8. The van der Waals surface area contributed by atoms with Crippen LogP contribution in [-0.4, -0.2) is 39.5 Å². The van der Waals surface area contributed by atoms with E-state index >= 15 is 0 Å². The number of ether oxygens (including phenoxy) is 1. The number of anilines is 3. The molecule has 1 aromatic heterocycles. The number of sulfonamides is 1. The fraction of sp³-hybridized carbons (Fsp3) is 0.192. The highest BCUT2D eigenvalue weighted by atomic mass is 32.2. The van der Waals surface area contributed by atoms with Crippen molar-refractivity contribution in [2.75, 3.05) is 35.1 Å². The minimum absolute atomic E-state index is 0.0775. The predicted molar refractivity (Wildman–Crippen MR) is 140 cm³/mol. The van der Waals surface area contributed by atoms with Gasteiger partial charge < -0.3 is 19.9 Å². The zero-order chi connectivity index (χ0) is 25.0. The quantitative estimate of drug-likeness (QED) is 0.302. The normalized spacial score (nSPS) is 11.3. The molecule has 0 bridgehead atoms. The number of nitrogens with zero attached hydrogens (tertiary/aromatic N) is 1. The van der Waals surface area contributed by atoms with Crippen LogP contribution in [0.25, 0.3) is 10.9 Å². The van der Waals surface area contributed by atoms with Gasteiger partial charge in [0.2, 0.25) is 0 Å². The summed E-state index contributed by atoms with van der Waals surface area (Å²) in [5, 5.41) is 3.63. The van der Waals surface area contributed by atoms with Gasteiger partial charge in [-0.1, -0.05) is 18.2 Å². The molecule has 3 N–H and O–H groups in total. The summed E-state index contributed by atoms with van der Waals surface area (Å²) in [7, 11) is -2.42. The number of amides is 1. The monoisotopic (exact) mass is 492 g/mol. The molecule has 0 aliphatic rings. The van der Waals surface area contributed by atoms with E-state index < -0.39 is 10.0 Å². The number of aromatic amines is 1. The Kier molecular flexibility index (Phi) is 6.97. The van der Waals surface area contributed by atoms with E-state index in [0.29, 0.717) is 41.5 Å². The molecule has 9 heteroatoms. The molecule has 4 aromatic rings. The van der Waals surface area contributed by atoms with Gasteiger partial charge in [-0.15, -0.1) is 0 Å². The number of rotatable bonds is 9. The summed E-state index contributed by atoms with van der Waals surface area (Å²) in [6.45, 7) is 5.18. The molecule has 4 rings (SSSR count). The number of carbonyl (C=O) groups is 1. The maximum absolute atomic E-state index is 13.5. The highest BCUT2D eigenvalue weighted by Gasteiger charge is 2.23. The van der Waals surface area contributed by atoms with E-state index in [-0.39, 0.29) is 10.8 Å². The van der Waals surface area contributed by atoms with Crippen LogP contribution < -0.4 is 19.7 Å². The van der Waals surface area contributed by atoms with Crippen LogP contribution in [0.3, 0.4) is 0 Å². The van der Waals surface area contributed by atoms with E-state index in [9.17, 15) is 13.2 Å². The summed E-state index contributed by atoms with van der Waals surface area (Å²) in [6, 6.07) is 19.1. The molecule has 0 unspecified atom stereocenters. The van der Waals surface area contributed by atoms with E-state index in [0.717, 1.165) is 10.9 Å². The van der Waals surface area contributed by atoms with Gasteiger partial charge in [0.1, 0.15) is 10.6 Å². The first-order chi connectivity index (χ1) is 16.9. The fourth-order valence-corrected chi connectivity index (χ4v) is 5.27. The average molecular weight is 493 g/mol. The van der Waals surface area contributed by atoms with Crippen LogP contribution >= 0.6 is 0 Å². The molecule has 0 fully saturated rings. The molecule has 182 valence electrons. The molecule has 0 saturated carbocycles. The van der Waals surface area contributed by atoms with Crippen LogP contribution in [0.4, 0.5) is 17.1 Å². The maximum atomic E-state index is 13.5. The Morgan fingerprint density at radius 2 is 1.66 bits per heavy atom. The molecule has 0 aliphatic carbocycles. The Hall–Kier alpha value is -3.98. The van der Waals surface area contributed by atoms with Crippen molar-refractivity contribution in [3.05, 3.63) is 78.5 Å². The summed E-state index contributed by atoms with van der Waals surface area (Å²) in [5.41, 5.74) is 2.67. The van der Waals surface area contributed by atoms with Gasteiger partial charge in [0.15, 0.2) is 0 Å². The van der Waals surface area contributed by atoms with Crippen molar-refractivity contribution in [2.45, 2.75) is 18.7 Å². The van der Waals surface area contributed by atoms with Gasteiger partial charge in [0.25, 0.3) is 15.9 Å². The molecule has 35 heavy (non-hydrogen) atoms. The largest absolute Gasteiger partial charge is 0.497 e. The first-order valence-corrected chi connectivity index (χ1v) is 12.8. The molecule has 0 radical (unpaired) electrons. The lowest BCUT2D eigenvalue weighted by atomic mass is 10.1. The lowest BCUT2D eigenvalue weighted by Crippen LogP contribution is -2.26. The lowest BCUT2D eigenvalue weighted by Gasteiger charge is -2.25. The van der Waals surface area contributed by atoms with Crippen LogP contribution in [0.15, 0.2) is 77.8 Å². The third kappa shape index (κ3) is 5.09. The first kappa shape index (κ1) is 24.2. The lowest BCUT2D eigenvalue weighted by molar-refractivity contribution is 0.102. The summed E-state index contributed by atoms with van der Waals surface area (Å²) in [6.07, 6.45) is 1.65. The van der Waals surface area contributed by atoms with Gasteiger partial charge in [0.05, 0.1) is 18.4 Å². The Bertz CT molecular complexity index is 1440. The Morgan fingerprint density at radius 1 is 0.971 bits per heavy atom. The number of methoxy groups -OCH3 is 1. The number of hydrogen-bond donors (Lipinski definition) is 3. The van der Waals surface area contributed by atoms with Crippen LogP contribution in [0.1, 0.15) is 24.2 Å². The van der Waals surface area contributed by atoms with Crippen molar-refractivity contribution in [3.8, 4) is 5.75 Å². The number of para-hydroxylation sites is 1. The standard InChI is InChI=1S/C26H28N4O4S/c1-4-30(5-2)24-15-12-19(28-26(31)22-17-27-23-9-7-6-8-21(22)23)16-25(24)35(32,33)29-18-10-13-20(34-3)14-11-18/h6-17,27,29H,4-5H2,1-3H3,(H,28,31). The van der Waals surface area contributed by atoms with E-state index in [1.165, 1.54) is 6.07 Å². The zero-order valence-corrected chi connectivity index (χ0v) is 20.6. The molecule has 1 amide bonds. The van der Waals surface area contributed by atoms with Crippen molar-refractivity contribution in [3.63, 3.8) is 0 Å². The van der Waals surface area contributed by atoms with E-state index in [4.69, 9.17) is 4.74 Å². The Labute approximate surface area is 205 Å². The van der Waals surface area contributed by atoms with E-state index in [2.05, 4.69) is 15.0 Å². The van der Waals surface area contributed by atoms with Gasteiger partial charge in [-0.25, -0.2) is 8.42 Å². The van der Waals surface area contributed by atoms with Crippen LogP contribution in [0, 0.1) is 0 Å². The van der Waals surface area contributed by atoms with Gasteiger partial charge >= 0.3 is 0 Å². The molecule has 0 aliphatic heterocycles. The van der Waals surface area contributed by atoms with Crippen molar-refractivity contribution >= 4 is 43.9 Å². The second kappa shape index (κ2) is 10.1. The first-order valence-electron chi connectivity index (χ1n) is 11.3. The summed E-state index contributed by atoms with van der Waals surface area (Å²) < 4.78 is 34.7. The maximum Gasteiger partial charge on any atom is 0.264 e. The van der Waals surface area contributed by atoms with E-state index in [1.807, 2.05) is 43.0 Å². The van der Waals surface area contributed by atoms with Crippen molar-refractivity contribution in [1.29, 1.82) is 0 Å². The summed E-state index contributed by atoms with van der Waals surface area (Å²) >= 11 is 0. The topological polar surface area (TPSA) is 104 Å². The number of fused-ring (bicyclic) bond motifs is 1. The van der Waals surface area contributed by atoms with Crippen molar-refractivity contribution in [2.24, 2.45) is 0 Å². The highest BCUT2D eigenvalue weighted by Crippen LogP contribution is 2.31. The van der Waals surface area contributed by atoms with Crippen molar-refractivity contribution in [1.82, 2.24) is 4.98 Å². The third-order valence-corrected chi connectivity index (χ3v) is 7.20. The molecule has 0 atom stereocenters. The number of nitrogens with one attached hydrogen (secondary N) is 3. The number of benzene rings is 3. The van der Waals surface area contributed by atoms with Crippen LogP contribution in [0.2, 0.25) is 0 Å². The summed E-state index contributed by atoms with van der Waals surface area (Å²) in [4.78, 5) is 18.1. The minimum Gasteiger partial charge on any atom is -0.497 e. The second-order valence-corrected chi connectivity index (χ2v) is 9.54. The van der Waals surface area contributed by atoms with Crippen molar-refractivity contribution < 1.29 is 17.9 Å².